The maximum absolute atomic E-state index is 12.4. The molecule has 2 N–H and O–H groups in total. The van der Waals surface area contributed by atoms with Gasteiger partial charge in [0.05, 0.1) is 12.2 Å². The highest BCUT2D eigenvalue weighted by Crippen LogP contribution is 2.34. The second kappa shape index (κ2) is 4.04. The summed E-state index contributed by atoms with van der Waals surface area (Å²) < 4.78 is 37.9. The Hall–Kier alpha value is -1.11. The van der Waals surface area contributed by atoms with Crippen molar-refractivity contribution >= 4 is 21.4 Å². The van der Waals surface area contributed by atoms with Crippen LogP contribution in [0.1, 0.15) is 11.1 Å². The minimum atomic E-state index is -4.30. The fourth-order valence-electron chi connectivity index (χ4n) is 1.46. The van der Waals surface area contributed by atoms with E-state index >= 15 is 0 Å². The van der Waals surface area contributed by atoms with Crippen LogP contribution < -0.4 is 5.90 Å². The highest BCUT2D eigenvalue weighted by Gasteiger charge is 2.30. The quantitative estimate of drug-likeness (QED) is 0.826. The third kappa shape index (κ3) is 2.04. The van der Waals surface area contributed by atoms with E-state index in [4.69, 9.17) is 5.90 Å². The lowest BCUT2D eigenvalue weighted by atomic mass is 10.1. The maximum Gasteiger partial charge on any atom is 0.416 e. The number of benzene rings is 1. The summed E-state index contributed by atoms with van der Waals surface area (Å²) in [6, 6.07) is 3.65. The second-order valence-electron chi connectivity index (χ2n) is 3.28. The molecule has 1 heterocycles. The summed E-state index contributed by atoms with van der Waals surface area (Å²) in [5, 5.41) is 2.50. The van der Waals surface area contributed by atoms with Gasteiger partial charge in [0.1, 0.15) is 0 Å². The number of nitrogens with two attached hydrogens (primary N) is 1. The molecule has 1 aromatic heterocycles. The molecule has 0 aliphatic carbocycles. The number of thiophene rings is 1. The minimum Gasteiger partial charge on any atom is -0.300 e. The number of hydrogen-bond donors (Lipinski definition) is 1. The van der Waals surface area contributed by atoms with Crippen LogP contribution in [0.15, 0.2) is 23.6 Å². The first-order valence-corrected chi connectivity index (χ1v) is 5.29. The van der Waals surface area contributed by atoms with E-state index in [0.717, 1.165) is 23.1 Å². The van der Waals surface area contributed by atoms with E-state index in [1.165, 1.54) is 17.4 Å². The predicted molar refractivity (Wildman–Crippen MR) is 55.8 cm³/mol. The van der Waals surface area contributed by atoms with Gasteiger partial charge in [-0.15, -0.1) is 11.3 Å². The molecule has 0 aliphatic heterocycles. The van der Waals surface area contributed by atoms with Crippen molar-refractivity contribution in [2.45, 2.75) is 12.8 Å². The Morgan fingerprint density at radius 3 is 2.69 bits per heavy atom. The molecule has 2 rings (SSSR count). The van der Waals surface area contributed by atoms with E-state index in [1.807, 2.05) is 0 Å². The van der Waals surface area contributed by atoms with Crippen molar-refractivity contribution in [3.8, 4) is 0 Å². The molecule has 0 aliphatic rings. The van der Waals surface area contributed by atoms with E-state index in [2.05, 4.69) is 4.84 Å². The van der Waals surface area contributed by atoms with Crippen LogP contribution in [-0.4, -0.2) is 0 Å². The molecular weight excluding hydrogens is 239 g/mol. The summed E-state index contributed by atoms with van der Waals surface area (Å²) in [4.78, 5) is 4.48. The fraction of sp³-hybridized carbons (Fsp3) is 0.200. The molecule has 0 saturated carbocycles. The first kappa shape index (κ1) is 11.4. The van der Waals surface area contributed by atoms with Crippen molar-refractivity contribution < 1.29 is 18.0 Å². The van der Waals surface area contributed by atoms with Crippen molar-refractivity contribution in [2.24, 2.45) is 5.90 Å². The zero-order valence-electron chi connectivity index (χ0n) is 8.04. The van der Waals surface area contributed by atoms with E-state index in [1.54, 1.807) is 5.38 Å². The molecule has 2 nitrogen and oxygen atoms in total. The highest BCUT2D eigenvalue weighted by molar-refractivity contribution is 7.17. The van der Waals surface area contributed by atoms with Gasteiger partial charge >= 0.3 is 6.18 Å². The van der Waals surface area contributed by atoms with E-state index in [9.17, 15) is 13.2 Å². The zero-order valence-corrected chi connectivity index (χ0v) is 8.86. The lowest BCUT2D eigenvalue weighted by Crippen LogP contribution is -2.04. The second-order valence-corrected chi connectivity index (χ2v) is 4.19. The smallest absolute Gasteiger partial charge is 0.300 e. The van der Waals surface area contributed by atoms with Gasteiger partial charge in [-0.25, -0.2) is 5.90 Å². The Bertz CT molecular complexity index is 506. The average molecular weight is 247 g/mol. The number of halogens is 3. The van der Waals surface area contributed by atoms with Gasteiger partial charge in [-0.3, -0.25) is 4.84 Å². The lowest BCUT2D eigenvalue weighted by Gasteiger charge is -2.06. The topological polar surface area (TPSA) is 35.2 Å². The van der Waals surface area contributed by atoms with Gasteiger partial charge in [0, 0.05) is 4.70 Å². The number of alkyl halides is 3. The van der Waals surface area contributed by atoms with Crippen LogP contribution in [0.3, 0.4) is 0 Å². The van der Waals surface area contributed by atoms with Crippen LogP contribution >= 0.6 is 11.3 Å². The maximum atomic E-state index is 12.4. The first-order chi connectivity index (χ1) is 7.52. The first-order valence-electron chi connectivity index (χ1n) is 4.41. The Morgan fingerprint density at radius 2 is 2.06 bits per heavy atom. The van der Waals surface area contributed by atoms with Gasteiger partial charge in [0.2, 0.25) is 0 Å². The predicted octanol–water partition coefficient (Wildman–Crippen LogP) is 3.31. The van der Waals surface area contributed by atoms with Gasteiger partial charge in [-0.1, -0.05) is 6.07 Å². The van der Waals surface area contributed by atoms with E-state index in [0.29, 0.717) is 4.70 Å². The van der Waals surface area contributed by atoms with Crippen LogP contribution in [0.4, 0.5) is 13.2 Å². The van der Waals surface area contributed by atoms with Crippen LogP contribution in [0.25, 0.3) is 10.1 Å². The fourth-order valence-corrected chi connectivity index (χ4v) is 2.45. The molecule has 0 saturated heterocycles. The van der Waals surface area contributed by atoms with Gasteiger partial charge in [0.25, 0.3) is 0 Å². The van der Waals surface area contributed by atoms with E-state index in [-0.39, 0.29) is 6.61 Å². The SMILES string of the molecule is NOCc1csc2cc(C(F)(F)F)ccc12. The molecule has 0 atom stereocenters. The summed E-state index contributed by atoms with van der Waals surface area (Å²) in [5.41, 5.74) is 0.165. The average Bonchev–Trinajstić information content (AvgIpc) is 2.60. The standard InChI is InChI=1S/C10H8F3NOS/c11-10(12,13)7-1-2-8-6(4-15-14)5-16-9(8)3-7/h1-3,5H,4,14H2. The summed E-state index contributed by atoms with van der Waals surface area (Å²) >= 11 is 1.25. The molecule has 0 fully saturated rings. The molecule has 16 heavy (non-hydrogen) atoms. The summed E-state index contributed by atoms with van der Waals surface area (Å²) in [5.74, 6) is 4.93. The summed E-state index contributed by atoms with van der Waals surface area (Å²) in [6.07, 6.45) is -4.30. The number of fused-ring (bicyclic) bond motifs is 1. The normalized spacial score (nSPS) is 12.2. The van der Waals surface area contributed by atoms with Gasteiger partial charge in [0.15, 0.2) is 0 Å². The van der Waals surface area contributed by atoms with Crippen molar-refractivity contribution in [1.82, 2.24) is 0 Å². The van der Waals surface area contributed by atoms with Crippen molar-refractivity contribution in [1.29, 1.82) is 0 Å². The number of hydrogen-bond acceptors (Lipinski definition) is 3. The summed E-state index contributed by atoms with van der Waals surface area (Å²) in [6.45, 7) is 0.200. The molecule has 0 bridgehead atoms. The number of rotatable bonds is 2. The molecule has 86 valence electrons. The summed E-state index contributed by atoms with van der Waals surface area (Å²) in [7, 11) is 0. The third-order valence-electron chi connectivity index (χ3n) is 2.22. The van der Waals surface area contributed by atoms with Gasteiger partial charge < -0.3 is 0 Å². The van der Waals surface area contributed by atoms with Crippen molar-refractivity contribution in [3.63, 3.8) is 0 Å². The largest absolute Gasteiger partial charge is 0.416 e. The van der Waals surface area contributed by atoms with Crippen LogP contribution in [0.5, 0.6) is 0 Å². The van der Waals surface area contributed by atoms with E-state index < -0.39 is 11.7 Å². The molecule has 0 spiro atoms. The molecule has 0 amide bonds. The van der Waals surface area contributed by atoms with Crippen LogP contribution in [-0.2, 0) is 17.6 Å². The molecule has 2 aromatic rings. The molecular formula is C10H8F3NOS. The van der Waals surface area contributed by atoms with Crippen LogP contribution in [0.2, 0.25) is 0 Å². The highest BCUT2D eigenvalue weighted by atomic mass is 32.1. The molecule has 6 heteroatoms. The monoisotopic (exact) mass is 247 g/mol. The molecule has 0 unspecified atom stereocenters. The van der Waals surface area contributed by atoms with Gasteiger partial charge in [-0.2, -0.15) is 13.2 Å². The lowest BCUT2D eigenvalue weighted by molar-refractivity contribution is -0.137. The van der Waals surface area contributed by atoms with Gasteiger partial charge in [-0.05, 0) is 28.5 Å². The molecule has 0 radical (unpaired) electrons. The van der Waals surface area contributed by atoms with Crippen molar-refractivity contribution in [2.75, 3.05) is 0 Å². The molecule has 1 aromatic carbocycles. The third-order valence-corrected chi connectivity index (χ3v) is 3.22. The Balaban J connectivity index is 2.49. The van der Waals surface area contributed by atoms with Crippen molar-refractivity contribution in [3.05, 3.63) is 34.7 Å². The minimum absolute atomic E-state index is 0.200. The Labute approximate surface area is 93.4 Å². The zero-order chi connectivity index (χ0) is 11.8. The van der Waals surface area contributed by atoms with Crippen LogP contribution in [0, 0.1) is 0 Å². The Morgan fingerprint density at radius 1 is 1.31 bits per heavy atom. The Kier molecular flexibility index (Phi) is 2.88.